The molecule has 0 saturated heterocycles. The number of amides is 2. The fourth-order valence-electron chi connectivity index (χ4n) is 4.37. The third-order valence-electron chi connectivity index (χ3n) is 6.32. The Hall–Kier alpha value is -3.81. The van der Waals surface area contributed by atoms with Crippen molar-refractivity contribution < 1.29 is 23.6 Å². The van der Waals surface area contributed by atoms with Gasteiger partial charge >= 0.3 is 0 Å². The number of nitrogens with one attached hydrogen (secondary N) is 1. The second kappa shape index (κ2) is 11.6. The first-order chi connectivity index (χ1) is 17.1. The number of nitrogens with zero attached hydrogens (tertiary/aromatic N) is 2. The minimum atomic E-state index is -0.306. The number of aromatic nitrogens is 1. The van der Waals surface area contributed by atoms with E-state index in [9.17, 15) is 9.59 Å². The van der Waals surface area contributed by atoms with Crippen LogP contribution in [0.2, 0.25) is 0 Å². The molecule has 0 unspecified atom stereocenters. The second-order valence-corrected chi connectivity index (χ2v) is 8.64. The molecule has 8 heteroatoms. The summed E-state index contributed by atoms with van der Waals surface area (Å²) in [5, 5.41) is 6.81. The zero-order valence-electron chi connectivity index (χ0n) is 20.2. The van der Waals surface area contributed by atoms with E-state index in [1.165, 1.54) is 0 Å². The van der Waals surface area contributed by atoms with E-state index in [2.05, 4.69) is 10.5 Å². The molecule has 1 aliphatic rings. The highest BCUT2D eigenvalue weighted by Gasteiger charge is 2.29. The molecule has 2 aromatic carbocycles. The molecule has 1 saturated carbocycles. The summed E-state index contributed by atoms with van der Waals surface area (Å²) in [4.78, 5) is 27.8. The molecular weight excluding hydrogens is 446 g/mol. The first-order valence-corrected chi connectivity index (χ1v) is 11.9. The number of methoxy groups -OCH3 is 2. The average Bonchev–Trinajstić information content (AvgIpc) is 3.60. The average molecular weight is 478 g/mol. The Morgan fingerprint density at radius 2 is 1.77 bits per heavy atom. The lowest BCUT2D eigenvalue weighted by Gasteiger charge is -2.28. The Morgan fingerprint density at radius 3 is 2.49 bits per heavy atom. The van der Waals surface area contributed by atoms with Crippen LogP contribution in [0, 0.1) is 0 Å². The maximum Gasteiger partial charge on any atom is 0.273 e. The Labute approximate surface area is 205 Å². The molecule has 8 nitrogen and oxygen atoms in total. The zero-order chi connectivity index (χ0) is 24.6. The van der Waals surface area contributed by atoms with E-state index >= 15 is 0 Å². The van der Waals surface area contributed by atoms with Crippen LogP contribution in [0.1, 0.15) is 57.9 Å². The lowest BCUT2D eigenvalue weighted by Crippen LogP contribution is -2.38. The van der Waals surface area contributed by atoms with Gasteiger partial charge in [0.2, 0.25) is 0 Å². The first-order valence-electron chi connectivity index (χ1n) is 11.9. The molecule has 0 atom stereocenters. The predicted molar refractivity (Wildman–Crippen MR) is 131 cm³/mol. The first kappa shape index (κ1) is 24.3. The van der Waals surface area contributed by atoms with Gasteiger partial charge in [-0.25, -0.2) is 0 Å². The smallest absolute Gasteiger partial charge is 0.273 e. The predicted octanol–water partition coefficient (Wildman–Crippen LogP) is 4.25. The van der Waals surface area contributed by atoms with Gasteiger partial charge in [0.25, 0.3) is 11.8 Å². The van der Waals surface area contributed by atoms with Crippen molar-refractivity contribution in [3.63, 3.8) is 0 Å². The summed E-state index contributed by atoms with van der Waals surface area (Å²) in [6, 6.07) is 16.6. The molecule has 0 bridgehead atoms. The van der Waals surface area contributed by atoms with Gasteiger partial charge in [-0.15, -0.1) is 0 Å². The van der Waals surface area contributed by atoms with Gasteiger partial charge in [-0.1, -0.05) is 36.2 Å². The van der Waals surface area contributed by atoms with Gasteiger partial charge in [-0.3, -0.25) is 9.59 Å². The number of carbonyl (C=O) groups is 2. The van der Waals surface area contributed by atoms with Crippen LogP contribution in [-0.4, -0.2) is 48.7 Å². The van der Waals surface area contributed by atoms with Crippen LogP contribution in [0.5, 0.6) is 11.5 Å². The molecule has 0 spiro atoms. The van der Waals surface area contributed by atoms with Gasteiger partial charge in [0.15, 0.2) is 11.5 Å². The molecule has 3 aromatic rings. The molecule has 0 aliphatic heterocycles. The molecule has 1 aromatic heterocycles. The fraction of sp³-hybridized carbons (Fsp3) is 0.370. The van der Waals surface area contributed by atoms with Crippen molar-refractivity contribution in [2.45, 2.75) is 44.7 Å². The van der Waals surface area contributed by atoms with Crippen molar-refractivity contribution in [1.82, 2.24) is 15.4 Å². The highest BCUT2D eigenvalue weighted by Crippen LogP contribution is 2.27. The van der Waals surface area contributed by atoms with Crippen molar-refractivity contribution in [1.29, 1.82) is 0 Å². The second-order valence-electron chi connectivity index (χ2n) is 8.64. The monoisotopic (exact) mass is 477 g/mol. The maximum absolute atomic E-state index is 13.4. The Balaban J connectivity index is 1.38. The van der Waals surface area contributed by atoms with Crippen molar-refractivity contribution in [3.05, 3.63) is 77.2 Å². The zero-order valence-corrected chi connectivity index (χ0v) is 20.2. The van der Waals surface area contributed by atoms with Crippen LogP contribution in [-0.2, 0) is 13.0 Å². The van der Waals surface area contributed by atoms with E-state index in [1.807, 2.05) is 41.3 Å². The highest BCUT2D eigenvalue weighted by atomic mass is 16.5. The van der Waals surface area contributed by atoms with Crippen LogP contribution in [0.4, 0.5) is 0 Å². The molecule has 1 fully saturated rings. The normalized spacial score (nSPS) is 13.4. The summed E-state index contributed by atoms with van der Waals surface area (Å²) >= 11 is 0. The Bertz CT molecular complexity index is 1140. The lowest BCUT2D eigenvalue weighted by atomic mass is 10.1. The maximum atomic E-state index is 13.4. The third kappa shape index (κ3) is 6.20. The molecule has 1 aliphatic carbocycles. The standard InChI is InChI=1S/C27H31N3O5/c1-33-22-12-10-19(11-13-22)14-15-28-26(31)25-17-24(35-29-25)18-30(21-7-3-4-8-21)27(32)20-6-5-9-23(16-20)34-2/h5-6,9-13,16-17,21H,3-4,7-8,14-15,18H2,1-2H3,(H,28,31). The van der Waals surface area contributed by atoms with E-state index in [0.29, 0.717) is 30.0 Å². The quantitative estimate of drug-likeness (QED) is 0.469. The number of ether oxygens (including phenoxy) is 2. The molecular formula is C27H31N3O5. The molecule has 2 amide bonds. The summed E-state index contributed by atoms with van der Waals surface area (Å²) in [7, 11) is 3.21. The van der Waals surface area contributed by atoms with E-state index < -0.39 is 0 Å². The van der Waals surface area contributed by atoms with Crippen molar-refractivity contribution >= 4 is 11.8 Å². The van der Waals surface area contributed by atoms with Gasteiger partial charge in [-0.05, 0) is 55.2 Å². The third-order valence-corrected chi connectivity index (χ3v) is 6.32. The van der Waals surface area contributed by atoms with E-state index in [1.54, 1.807) is 32.4 Å². The lowest BCUT2D eigenvalue weighted by molar-refractivity contribution is 0.0643. The Morgan fingerprint density at radius 1 is 1.03 bits per heavy atom. The molecule has 0 radical (unpaired) electrons. The molecule has 4 rings (SSSR count). The topological polar surface area (TPSA) is 93.9 Å². The van der Waals surface area contributed by atoms with E-state index in [4.69, 9.17) is 14.0 Å². The molecule has 1 N–H and O–H groups in total. The number of hydrogen-bond donors (Lipinski definition) is 1. The van der Waals surface area contributed by atoms with Crippen molar-refractivity contribution in [2.24, 2.45) is 0 Å². The van der Waals surface area contributed by atoms with E-state index in [0.717, 1.165) is 37.0 Å². The van der Waals surface area contributed by atoms with Crippen LogP contribution < -0.4 is 14.8 Å². The summed E-state index contributed by atoms with van der Waals surface area (Å²) in [5.74, 6) is 1.52. The summed E-state index contributed by atoms with van der Waals surface area (Å²) < 4.78 is 15.9. The SMILES string of the molecule is COc1ccc(CCNC(=O)c2cc(CN(C(=O)c3cccc(OC)c3)C3CCCC3)on2)cc1. The minimum Gasteiger partial charge on any atom is -0.497 e. The largest absolute Gasteiger partial charge is 0.497 e. The van der Waals surface area contributed by atoms with Crippen molar-refractivity contribution in [2.75, 3.05) is 20.8 Å². The number of benzene rings is 2. The molecule has 35 heavy (non-hydrogen) atoms. The van der Waals surface area contributed by atoms with Gasteiger partial charge in [-0.2, -0.15) is 0 Å². The summed E-state index contributed by atoms with van der Waals surface area (Å²) in [6.07, 6.45) is 4.76. The van der Waals surface area contributed by atoms with E-state index in [-0.39, 0.29) is 30.1 Å². The number of carbonyl (C=O) groups excluding carboxylic acids is 2. The summed E-state index contributed by atoms with van der Waals surface area (Å²) in [6.45, 7) is 0.725. The number of hydrogen-bond acceptors (Lipinski definition) is 6. The van der Waals surface area contributed by atoms with Crippen LogP contribution in [0.3, 0.4) is 0 Å². The van der Waals surface area contributed by atoms with Gasteiger partial charge in [0, 0.05) is 24.2 Å². The molecule has 1 heterocycles. The van der Waals surface area contributed by atoms with Gasteiger partial charge in [0.1, 0.15) is 11.5 Å². The van der Waals surface area contributed by atoms with Gasteiger partial charge in [0.05, 0.1) is 20.8 Å². The van der Waals surface area contributed by atoms with Crippen LogP contribution in [0.15, 0.2) is 59.1 Å². The number of rotatable bonds is 10. The fourth-order valence-corrected chi connectivity index (χ4v) is 4.37. The molecule has 184 valence electrons. The Kier molecular flexibility index (Phi) is 8.03. The highest BCUT2D eigenvalue weighted by molar-refractivity contribution is 5.95. The summed E-state index contributed by atoms with van der Waals surface area (Å²) in [5.41, 5.74) is 1.86. The van der Waals surface area contributed by atoms with Crippen LogP contribution in [0.25, 0.3) is 0 Å². The minimum absolute atomic E-state index is 0.0855. The van der Waals surface area contributed by atoms with Gasteiger partial charge < -0.3 is 24.2 Å². The van der Waals surface area contributed by atoms with Crippen molar-refractivity contribution in [3.8, 4) is 11.5 Å². The van der Waals surface area contributed by atoms with Crippen LogP contribution >= 0.6 is 0 Å².